The fourth-order valence-electron chi connectivity index (χ4n) is 1.86. The molecule has 0 atom stereocenters. The summed E-state index contributed by atoms with van der Waals surface area (Å²) in [6.45, 7) is 3.41. The molecule has 2 rings (SSSR count). The van der Waals surface area contributed by atoms with Crippen molar-refractivity contribution in [2.24, 2.45) is 0 Å². The molecule has 0 aliphatic rings. The highest BCUT2D eigenvalue weighted by Gasteiger charge is 2.17. The molecular weight excluding hydrogens is 234 g/mol. The van der Waals surface area contributed by atoms with E-state index in [1.807, 2.05) is 0 Å². The van der Waals surface area contributed by atoms with Gasteiger partial charge in [0.05, 0.1) is 6.20 Å². The van der Waals surface area contributed by atoms with Crippen LogP contribution < -0.4 is 5.11 Å². The Hall–Kier alpha value is -2.50. The third-order valence-corrected chi connectivity index (χ3v) is 2.64. The summed E-state index contributed by atoms with van der Waals surface area (Å²) in [6.07, 6.45) is 4.59. The predicted molar refractivity (Wildman–Crippen MR) is 60.2 cm³/mol. The molecular formula is C12H10N3O3-. The number of hydrogen-bond donors (Lipinski definition) is 0. The summed E-state index contributed by atoms with van der Waals surface area (Å²) >= 11 is 0. The van der Waals surface area contributed by atoms with Crippen LogP contribution in [-0.2, 0) is 4.79 Å². The number of nitrogens with zero attached hydrogens (tertiary/aromatic N) is 3. The van der Waals surface area contributed by atoms with Crippen molar-refractivity contribution < 1.29 is 14.7 Å². The number of carboxylic acids is 1. The minimum Gasteiger partial charge on any atom is -0.541 e. The van der Waals surface area contributed by atoms with Gasteiger partial charge in [-0.25, -0.2) is 4.98 Å². The Kier molecular flexibility index (Phi) is 2.93. The first kappa shape index (κ1) is 12.0. The number of carbonyl (C=O) groups is 2. The Bertz CT molecular complexity index is 617. The minimum absolute atomic E-state index is 0.109. The molecule has 0 N–H and O–H groups in total. The molecule has 18 heavy (non-hydrogen) atoms. The van der Waals surface area contributed by atoms with E-state index >= 15 is 0 Å². The molecule has 92 valence electrons. The lowest BCUT2D eigenvalue weighted by Crippen LogP contribution is -2.31. The first-order chi connectivity index (χ1) is 8.52. The molecule has 0 aliphatic carbocycles. The van der Waals surface area contributed by atoms with E-state index in [-0.39, 0.29) is 5.56 Å². The maximum Gasteiger partial charge on any atom is 0.210 e. The average molecular weight is 244 g/mol. The second-order valence-electron chi connectivity index (χ2n) is 3.80. The summed E-state index contributed by atoms with van der Waals surface area (Å²) in [5.74, 6) is -2.21. The standard InChI is InChI=1S/C12H11N3O3/c1-7-5-9(11(16)12(17)18)8(2)15(7)10-6-13-3-4-14-10/h3-6H,1-2H3,(H,17,18)/p-1. The number of ketones is 1. The van der Waals surface area contributed by atoms with Gasteiger partial charge in [-0.3, -0.25) is 9.78 Å². The number of hydrogen-bond acceptors (Lipinski definition) is 5. The molecule has 0 unspecified atom stereocenters. The van der Waals surface area contributed by atoms with Gasteiger partial charge in [0.25, 0.3) is 0 Å². The lowest BCUT2D eigenvalue weighted by molar-refractivity contribution is -0.296. The number of carboxylic acid groups (broad SMARTS) is 1. The van der Waals surface area contributed by atoms with E-state index in [2.05, 4.69) is 9.97 Å². The number of carbonyl (C=O) groups excluding carboxylic acids is 2. The van der Waals surface area contributed by atoms with Crippen LogP contribution >= 0.6 is 0 Å². The van der Waals surface area contributed by atoms with Gasteiger partial charge in [-0.1, -0.05) is 0 Å². The molecule has 0 saturated carbocycles. The second kappa shape index (κ2) is 4.40. The Labute approximate surface area is 103 Å². The maximum absolute atomic E-state index is 11.5. The molecule has 0 radical (unpaired) electrons. The number of rotatable bonds is 3. The molecule has 0 amide bonds. The molecule has 6 nitrogen and oxygen atoms in total. The van der Waals surface area contributed by atoms with E-state index in [0.717, 1.165) is 0 Å². The number of aryl methyl sites for hydroxylation is 1. The van der Waals surface area contributed by atoms with Crippen molar-refractivity contribution >= 4 is 11.8 Å². The third-order valence-electron chi connectivity index (χ3n) is 2.64. The minimum atomic E-state index is -1.71. The van der Waals surface area contributed by atoms with E-state index in [9.17, 15) is 14.7 Å². The molecule has 6 heteroatoms. The number of aromatic nitrogens is 3. The SMILES string of the molecule is Cc1cc(C(=O)C(=O)[O-])c(C)n1-c1cnccn1. The third kappa shape index (κ3) is 1.88. The van der Waals surface area contributed by atoms with Crippen LogP contribution in [-0.4, -0.2) is 26.3 Å². The van der Waals surface area contributed by atoms with Crippen molar-refractivity contribution in [3.8, 4) is 5.82 Å². The van der Waals surface area contributed by atoms with E-state index in [1.165, 1.54) is 24.7 Å². The smallest absolute Gasteiger partial charge is 0.210 e. The summed E-state index contributed by atoms with van der Waals surface area (Å²) in [5.41, 5.74) is 1.32. The quantitative estimate of drug-likeness (QED) is 0.552. The Morgan fingerprint density at radius 3 is 2.56 bits per heavy atom. The molecule has 0 aliphatic heterocycles. The molecule has 2 aromatic heterocycles. The molecule has 0 fully saturated rings. The summed E-state index contributed by atoms with van der Waals surface area (Å²) in [7, 11) is 0. The van der Waals surface area contributed by atoms with Crippen LogP contribution in [0.5, 0.6) is 0 Å². The van der Waals surface area contributed by atoms with Crippen molar-refractivity contribution in [1.29, 1.82) is 0 Å². The number of Topliss-reactive ketones (excluding diaryl/α,β-unsaturated/α-hetero) is 1. The normalized spacial score (nSPS) is 10.3. The van der Waals surface area contributed by atoms with E-state index in [1.54, 1.807) is 18.4 Å². The van der Waals surface area contributed by atoms with Crippen molar-refractivity contribution in [2.45, 2.75) is 13.8 Å². The zero-order chi connectivity index (χ0) is 13.3. The largest absolute Gasteiger partial charge is 0.541 e. The van der Waals surface area contributed by atoms with Crippen molar-refractivity contribution in [2.75, 3.05) is 0 Å². The zero-order valence-electron chi connectivity index (χ0n) is 9.88. The monoisotopic (exact) mass is 244 g/mol. The first-order valence-corrected chi connectivity index (χ1v) is 5.23. The van der Waals surface area contributed by atoms with Gasteiger partial charge in [0, 0.05) is 29.3 Å². The van der Waals surface area contributed by atoms with Gasteiger partial charge in [0.2, 0.25) is 5.78 Å². The zero-order valence-corrected chi connectivity index (χ0v) is 9.88. The highest BCUT2D eigenvalue weighted by Crippen LogP contribution is 2.19. The van der Waals surface area contributed by atoms with Gasteiger partial charge in [0.15, 0.2) is 5.82 Å². The predicted octanol–water partition coefficient (Wildman–Crippen LogP) is -0.183. The van der Waals surface area contributed by atoms with Gasteiger partial charge in [-0.05, 0) is 19.9 Å². The van der Waals surface area contributed by atoms with Crippen LogP contribution in [0, 0.1) is 13.8 Å². The maximum atomic E-state index is 11.5. The second-order valence-corrected chi connectivity index (χ2v) is 3.80. The van der Waals surface area contributed by atoms with E-state index < -0.39 is 11.8 Å². The fourth-order valence-corrected chi connectivity index (χ4v) is 1.86. The van der Waals surface area contributed by atoms with Gasteiger partial charge < -0.3 is 14.5 Å². The fraction of sp³-hybridized carbons (Fsp3) is 0.167. The van der Waals surface area contributed by atoms with Gasteiger partial charge in [-0.2, -0.15) is 0 Å². The van der Waals surface area contributed by atoms with Crippen LogP contribution in [0.3, 0.4) is 0 Å². The van der Waals surface area contributed by atoms with Gasteiger partial charge in [-0.15, -0.1) is 0 Å². The molecule has 0 saturated heterocycles. The van der Waals surface area contributed by atoms with Crippen molar-refractivity contribution in [3.05, 3.63) is 41.6 Å². The number of aliphatic carboxylic acids is 1. The van der Waals surface area contributed by atoms with Crippen molar-refractivity contribution in [1.82, 2.24) is 14.5 Å². The lowest BCUT2D eigenvalue weighted by atomic mass is 10.1. The highest BCUT2D eigenvalue weighted by atomic mass is 16.4. The summed E-state index contributed by atoms with van der Waals surface area (Å²) in [4.78, 5) is 30.1. The molecule has 0 aromatic carbocycles. The van der Waals surface area contributed by atoms with E-state index in [4.69, 9.17) is 0 Å². The van der Waals surface area contributed by atoms with Gasteiger partial charge >= 0.3 is 0 Å². The Morgan fingerprint density at radius 1 is 1.28 bits per heavy atom. The van der Waals surface area contributed by atoms with Crippen LogP contribution in [0.1, 0.15) is 21.7 Å². The van der Waals surface area contributed by atoms with Crippen LogP contribution in [0.4, 0.5) is 0 Å². The Balaban J connectivity index is 2.58. The van der Waals surface area contributed by atoms with Crippen LogP contribution in [0.25, 0.3) is 5.82 Å². The summed E-state index contributed by atoms with van der Waals surface area (Å²) in [6, 6.07) is 1.50. The Morgan fingerprint density at radius 2 is 2.00 bits per heavy atom. The van der Waals surface area contributed by atoms with Gasteiger partial charge in [0.1, 0.15) is 5.97 Å². The summed E-state index contributed by atoms with van der Waals surface area (Å²) < 4.78 is 1.67. The molecule has 0 spiro atoms. The summed E-state index contributed by atoms with van der Waals surface area (Å²) in [5, 5.41) is 10.6. The lowest BCUT2D eigenvalue weighted by Gasteiger charge is -2.07. The van der Waals surface area contributed by atoms with Crippen LogP contribution in [0.2, 0.25) is 0 Å². The van der Waals surface area contributed by atoms with E-state index in [0.29, 0.717) is 17.2 Å². The van der Waals surface area contributed by atoms with Crippen LogP contribution in [0.15, 0.2) is 24.7 Å². The topological polar surface area (TPSA) is 87.9 Å². The molecule has 2 aromatic rings. The average Bonchev–Trinajstić information content (AvgIpc) is 2.65. The molecule has 0 bridgehead atoms. The first-order valence-electron chi connectivity index (χ1n) is 5.23. The van der Waals surface area contributed by atoms with Crippen molar-refractivity contribution in [3.63, 3.8) is 0 Å². The molecule has 2 heterocycles. The highest BCUT2D eigenvalue weighted by molar-refractivity contribution is 6.39.